The maximum atomic E-state index is 12.0. The molecule has 18 heavy (non-hydrogen) atoms. The van der Waals surface area contributed by atoms with Crippen molar-refractivity contribution in [3.63, 3.8) is 0 Å². The summed E-state index contributed by atoms with van der Waals surface area (Å²) >= 11 is 3.35. The number of nitrogens with zero attached hydrogens (tertiary/aromatic N) is 2. The van der Waals surface area contributed by atoms with E-state index in [0.29, 0.717) is 5.56 Å². The predicted octanol–water partition coefficient (Wildman–Crippen LogP) is 3.39. The highest BCUT2D eigenvalue weighted by Gasteiger charge is 2.03. The Morgan fingerprint density at radius 1 is 1.44 bits per heavy atom. The maximum Gasteiger partial charge on any atom is 0.185 e. The Hall–Kier alpha value is -1.68. The van der Waals surface area contributed by atoms with E-state index in [1.165, 1.54) is 0 Å². The van der Waals surface area contributed by atoms with Crippen molar-refractivity contribution in [2.24, 2.45) is 7.05 Å². The number of rotatable bonds is 3. The molecule has 0 N–H and O–H groups in total. The number of halogens is 1. The second-order valence-electron chi connectivity index (χ2n) is 4.05. The topological polar surface area (TPSA) is 34.9 Å². The lowest BCUT2D eigenvalue weighted by Crippen LogP contribution is -1.93. The molecule has 0 fully saturated rings. The van der Waals surface area contributed by atoms with E-state index in [1.807, 2.05) is 38.4 Å². The van der Waals surface area contributed by atoms with Gasteiger partial charge in [-0.05, 0) is 31.2 Å². The van der Waals surface area contributed by atoms with Crippen molar-refractivity contribution in [1.29, 1.82) is 0 Å². The van der Waals surface area contributed by atoms with Gasteiger partial charge < -0.3 is 0 Å². The average Bonchev–Trinajstić information content (AvgIpc) is 2.65. The highest BCUT2D eigenvalue weighted by molar-refractivity contribution is 9.10. The normalized spacial score (nSPS) is 11.1. The van der Waals surface area contributed by atoms with Gasteiger partial charge in [-0.15, -0.1) is 0 Å². The zero-order chi connectivity index (χ0) is 13.1. The van der Waals surface area contributed by atoms with Crippen molar-refractivity contribution >= 4 is 27.8 Å². The van der Waals surface area contributed by atoms with Crippen LogP contribution in [0.1, 0.15) is 21.6 Å². The second kappa shape index (κ2) is 5.31. The zero-order valence-corrected chi connectivity index (χ0v) is 11.8. The molecule has 1 aromatic carbocycles. The summed E-state index contributed by atoms with van der Waals surface area (Å²) in [5.74, 6) is -0.0143. The van der Waals surface area contributed by atoms with Crippen LogP contribution >= 0.6 is 15.9 Å². The summed E-state index contributed by atoms with van der Waals surface area (Å²) in [6.07, 6.45) is 5.26. The molecule has 2 rings (SSSR count). The third kappa shape index (κ3) is 2.96. The molecule has 0 radical (unpaired) electrons. The van der Waals surface area contributed by atoms with E-state index < -0.39 is 0 Å². The molecule has 0 unspecified atom stereocenters. The Morgan fingerprint density at radius 2 is 2.22 bits per heavy atom. The molecule has 0 aliphatic carbocycles. The molecule has 0 saturated carbocycles. The summed E-state index contributed by atoms with van der Waals surface area (Å²) in [6.45, 7) is 1.92. The molecule has 0 bridgehead atoms. The van der Waals surface area contributed by atoms with Crippen LogP contribution in [-0.2, 0) is 7.05 Å². The van der Waals surface area contributed by atoms with Gasteiger partial charge in [-0.25, -0.2) is 0 Å². The first-order valence-corrected chi connectivity index (χ1v) is 6.34. The molecule has 0 aliphatic heterocycles. The lowest BCUT2D eigenvalue weighted by atomic mass is 10.1. The third-order valence-corrected chi connectivity index (χ3v) is 3.07. The van der Waals surface area contributed by atoms with Crippen LogP contribution in [0.25, 0.3) is 6.08 Å². The first kappa shape index (κ1) is 12.8. The molecule has 0 saturated heterocycles. The minimum atomic E-state index is -0.0143. The number of aromatic nitrogens is 2. The Kier molecular flexibility index (Phi) is 3.77. The minimum Gasteiger partial charge on any atom is -0.289 e. The van der Waals surface area contributed by atoms with Gasteiger partial charge in [0.15, 0.2) is 5.78 Å². The lowest BCUT2D eigenvalue weighted by molar-refractivity contribution is 0.104. The van der Waals surface area contributed by atoms with Gasteiger partial charge in [0.05, 0.1) is 5.69 Å². The van der Waals surface area contributed by atoms with E-state index in [4.69, 9.17) is 0 Å². The third-order valence-electron chi connectivity index (χ3n) is 2.57. The van der Waals surface area contributed by atoms with E-state index in [2.05, 4.69) is 21.0 Å². The molecule has 3 nitrogen and oxygen atoms in total. The average molecular weight is 305 g/mol. The minimum absolute atomic E-state index is 0.0143. The number of benzene rings is 1. The number of ketones is 1. The van der Waals surface area contributed by atoms with Crippen LogP contribution in [0.5, 0.6) is 0 Å². The highest BCUT2D eigenvalue weighted by Crippen LogP contribution is 2.13. The van der Waals surface area contributed by atoms with Gasteiger partial charge in [0, 0.05) is 28.8 Å². The molecular weight excluding hydrogens is 292 g/mol. The van der Waals surface area contributed by atoms with Gasteiger partial charge >= 0.3 is 0 Å². The maximum absolute atomic E-state index is 12.0. The van der Waals surface area contributed by atoms with Crippen LogP contribution < -0.4 is 0 Å². The molecular formula is C14H13BrN2O. The fourth-order valence-corrected chi connectivity index (χ4v) is 2.08. The van der Waals surface area contributed by atoms with E-state index >= 15 is 0 Å². The number of carbonyl (C=O) groups excluding carboxylic acids is 1. The SMILES string of the molecule is Cc1nn(C)cc1/C=C/C(=O)c1cccc(Br)c1. The Labute approximate surface area is 114 Å². The predicted molar refractivity (Wildman–Crippen MR) is 75.5 cm³/mol. The van der Waals surface area contributed by atoms with Crippen LogP contribution in [0.15, 0.2) is 41.0 Å². The van der Waals surface area contributed by atoms with Crippen molar-refractivity contribution in [2.75, 3.05) is 0 Å². The fraction of sp³-hybridized carbons (Fsp3) is 0.143. The monoisotopic (exact) mass is 304 g/mol. The summed E-state index contributed by atoms with van der Waals surface area (Å²) in [5.41, 5.74) is 2.54. The molecule has 2 aromatic rings. The molecule has 0 atom stereocenters. The van der Waals surface area contributed by atoms with Gasteiger partial charge in [-0.1, -0.05) is 28.1 Å². The summed E-state index contributed by atoms with van der Waals surface area (Å²) < 4.78 is 2.64. The van der Waals surface area contributed by atoms with Crippen molar-refractivity contribution in [1.82, 2.24) is 9.78 Å². The van der Waals surface area contributed by atoms with E-state index in [-0.39, 0.29) is 5.78 Å². The molecule has 0 spiro atoms. The van der Waals surface area contributed by atoms with Gasteiger partial charge in [-0.3, -0.25) is 9.48 Å². The number of hydrogen-bond acceptors (Lipinski definition) is 2. The van der Waals surface area contributed by atoms with Crippen LogP contribution in [0, 0.1) is 6.92 Å². The van der Waals surface area contributed by atoms with E-state index in [1.54, 1.807) is 22.9 Å². The first-order chi connectivity index (χ1) is 8.56. The second-order valence-corrected chi connectivity index (χ2v) is 4.97. The Bertz CT molecular complexity index is 614. The van der Waals surface area contributed by atoms with Crippen LogP contribution in [-0.4, -0.2) is 15.6 Å². The van der Waals surface area contributed by atoms with Crippen LogP contribution in [0.3, 0.4) is 0 Å². The largest absolute Gasteiger partial charge is 0.289 e. The van der Waals surface area contributed by atoms with Gasteiger partial charge in [0.2, 0.25) is 0 Å². The number of aryl methyl sites for hydroxylation is 2. The summed E-state index contributed by atoms with van der Waals surface area (Å²) in [6, 6.07) is 7.35. The standard InChI is InChI=1S/C14H13BrN2O/c1-10-12(9-17(2)16-10)6-7-14(18)11-4-3-5-13(15)8-11/h3-9H,1-2H3/b7-6+. The van der Waals surface area contributed by atoms with Crippen molar-refractivity contribution < 1.29 is 4.79 Å². The Balaban J connectivity index is 2.19. The number of allylic oxidation sites excluding steroid dienone is 1. The van der Waals surface area contributed by atoms with E-state index in [9.17, 15) is 4.79 Å². The van der Waals surface area contributed by atoms with Crippen molar-refractivity contribution in [2.45, 2.75) is 6.92 Å². The molecule has 1 heterocycles. The molecule has 92 valence electrons. The smallest absolute Gasteiger partial charge is 0.185 e. The lowest BCUT2D eigenvalue weighted by Gasteiger charge is -1.96. The number of hydrogen-bond donors (Lipinski definition) is 0. The summed E-state index contributed by atoms with van der Waals surface area (Å²) in [7, 11) is 1.86. The quantitative estimate of drug-likeness (QED) is 0.643. The summed E-state index contributed by atoms with van der Waals surface area (Å²) in [4.78, 5) is 12.0. The Morgan fingerprint density at radius 3 is 2.83 bits per heavy atom. The highest BCUT2D eigenvalue weighted by atomic mass is 79.9. The van der Waals surface area contributed by atoms with Crippen LogP contribution in [0.4, 0.5) is 0 Å². The molecule has 0 aliphatic rings. The molecule has 1 aromatic heterocycles. The van der Waals surface area contributed by atoms with Gasteiger partial charge in [0.25, 0.3) is 0 Å². The van der Waals surface area contributed by atoms with Crippen molar-refractivity contribution in [3.8, 4) is 0 Å². The zero-order valence-electron chi connectivity index (χ0n) is 10.2. The van der Waals surface area contributed by atoms with Crippen LogP contribution in [0.2, 0.25) is 0 Å². The first-order valence-electron chi connectivity index (χ1n) is 5.54. The number of carbonyl (C=O) groups is 1. The summed E-state index contributed by atoms with van der Waals surface area (Å²) in [5, 5.41) is 4.22. The molecule has 0 amide bonds. The van der Waals surface area contributed by atoms with Gasteiger partial charge in [0.1, 0.15) is 0 Å². The van der Waals surface area contributed by atoms with E-state index in [0.717, 1.165) is 15.7 Å². The van der Waals surface area contributed by atoms with Crippen molar-refractivity contribution in [3.05, 3.63) is 57.8 Å². The molecule has 4 heteroatoms. The van der Waals surface area contributed by atoms with Gasteiger partial charge in [-0.2, -0.15) is 5.10 Å². The fourth-order valence-electron chi connectivity index (χ4n) is 1.68.